The molecule has 0 saturated carbocycles. The molecule has 0 unspecified atom stereocenters. The van der Waals surface area contributed by atoms with Crippen molar-refractivity contribution in [3.63, 3.8) is 0 Å². The fraction of sp³-hybridized carbons (Fsp3) is 1.00. The summed E-state index contributed by atoms with van der Waals surface area (Å²) in [5.74, 6) is 0.223. The molecule has 3 heteroatoms. The lowest BCUT2D eigenvalue weighted by Crippen LogP contribution is -2.30. The lowest BCUT2D eigenvalue weighted by atomic mass is 9.66. The highest BCUT2D eigenvalue weighted by Crippen LogP contribution is 1.89. The smallest absolute Gasteiger partial charge is 0.133 e. The van der Waals surface area contributed by atoms with Crippen molar-refractivity contribution in [2.75, 3.05) is 7.05 Å². The van der Waals surface area contributed by atoms with Crippen molar-refractivity contribution in [1.29, 1.82) is 0 Å². The van der Waals surface area contributed by atoms with Gasteiger partial charge in [-0.25, -0.2) is 0 Å². The number of nitrogens with two attached hydrogens (primary N) is 1. The van der Waals surface area contributed by atoms with Crippen LogP contribution in [0.4, 0.5) is 0 Å². The van der Waals surface area contributed by atoms with Gasteiger partial charge >= 0.3 is 0 Å². The Bertz CT molecular complexity index is 66.1. The van der Waals surface area contributed by atoms with Gasteiger partial charge in [-0.3, -0.25) is 0 Å². The first-order valence-corrected chi connectivity index (χ1v) is 3.43. The van der Waals surface area contributed by atoms with Crippen LogP contribution >= 0.6 is 0 Å². The van der Waals surface area contributed by atoms with Gasteiger partial charge in [0.15, 0.2) is 0 Å². The maximum atomic E-state index is 5.51. The van der Waals surface area contributed by atoms with E-state index in [0.29, 0.717) is 6.04 Å². The van der Waals surface area contributed by atoms with Crippen molar-refractivity contribution < 1.29 is 0 Å². The first kappa shape index (κ1) is 8.98. The Labute approximate surface area is 58.4 Å². The third-order valence-electron chi connectivity index (χ3n) is 1.35. The molecule has 0 aromatic carbocycles. The normalized spacial score (nSPS) is 16.9. The summed E-state index contributed by atoms with van der Waals surface area (Å²) in [7, 11) is 4.07. The Morgan fingerprint density at radius 2 is 2.11 bits per heavy atom. The van der Waals surface area contributed by atoms with Gasteiger partial charge in [0.25, 0.3) is 0 Å². The molecule has 9 heavy (non-hydrogen) atoms. The third kappa shape index (κ3) is 5.86. The summed E-state index contributed by atoms with van der Waals surface area (Å²) >= 11 is 0. The zero-order valence-corrected chi connectivity index (χ0v) is 6.52. The van der Waals surface area contributed by atoms with Crippen LogP contribution in [-0.2, 0) is 0 Å². The second-order valence-electron chi connectivity index (χ2n) is 2.52. The van der Waals surface area contributed by atoms with Crippen LogP contribution in [0.3, 0.4) is 0 Å². The lowest BCUT2D eigenvalue weighted by molar-refractivity contribution is 0.661. The summed E-state index contributed by atoms with van der Waals surface area (Å²) < 4.78 is 0. The largest absolute Gasteiger partial charge is 0.336 e. The minimum absolute atomic E-state index is 0.223. The molecule has 2 atom stereocenters. The predicted molar refractivity (Wildman–Crippen MR) is 42.7 cm³/mol. The number of hydrogen-bond donors (Lipinski definition) is 2. The molecule has 0 heterocycles. The van der Waals surface area contributed by atoms with Gasteiger partial charge in [0.05, 0.1) is 0 Å². The molecule has 0 aromatic rings. The SMILES string of the molecule is CN[C@@H](C)C[B][C@@H](C)N. The van der Waals surface area contributed by atoms with Crippen LogP contribution in [0.1, 0.15) is 13.8 Å². The van der Waals surface area contributed by atoms with Gasteiger partial charge in [-0.1, -0.05) is 20.2 Å². The van der Waals surface area contributed by atoms with Crippen LogP contribution in [0.15, 0.2) is 0 Å². The summed E-state index contributed by atoms with van der Waals surface area (Å²) in [5, 5.41) is 3.13. The zero-order valence-electron chi connectivity index (χ0n) is 6.52. The number of hydrogen-bond acceptors (Lipinski definition) is 2. The first-order chi connectivity index (χ1) is 4.16. The van der Waals surface area contributed by atoms with Crippen molar-refractivity contribution in [1.82, 2.24) is 5.32 Å². The lowest BCUT2D eigenvalue weighted by Gasteiger charge is -2.09. The van der Waals surface area contributed by atoms with E-state index in [0.717, 1.165) is 6.32 Å². The molecular formula is C6H16BN2. The van der Waals surface area contributed by atoms with E-state index >= 15 is 0 Å². The molecule has 0 bridgehead atoms. The fourth-order valence-corrected chi connectivity index (χ4v) is 0.537. The molecule has 0 saturated heterocycles. The van der Waals surface area contributed by atoms with Gasteiger partial charge in [-0.05, 0) is 19.0 Å². The second-order valence-corrected chi connectivity index (χ2v) is 2.52. The Morgan fingerprint density at radius 3 is 2.44 bits per heavy atom. The molecule has 2 nitrogen and oxygen atoms in total. The maximum Gasteiger partial charge on any atom is 0.133 e. The van der Waals surface area contributed by atoms with E-state index in [2.05, 4.69) is 19.5 Å². The van der Waals surface area contributed by atoms with Crippen molar-refractivity contribution >= 4 is 7.28 Å². The van der Waals surface area contributed by atoms with E-state index in [9.17, 15) is 0 Å². The third-order valence-corrected chi connectivity index (χ3v) is 1.35. The summed E-state index contributed by atoms with van der Waals surface area (Å²) in [6, 6.07) is 0.552. The van der Waals surface area contributed by atoms with E-state index in [1.165, 1.54) is 0 Å². The summed E-state index contributed by atoms with van der Waals surface area (Å²) in [5.41, 5.74) is 5.51. The van der Waals surface area contributed by atoms with Crippen molar-refractivity contribution in [3.8, 4) is 0 Å². The van der Waals surface area contributed by atoms with Crippen LogP contribution in [0, 0.1) is 0 Å². The molecule has 0 aliphatic carbocycles. The molecule has 0 rings (SSSR count). The average Bonchev–Trinajstić information content (AvgIpc) is 1.83. The van der Waals surface area contributed by atoms with Crippen molar-refractivity contribution in [2.45, 2.75) is 32.2 Å². The van der Waals surface area contributed by atoms with E-state index in [1.54, 1.807) is 0 Å². The van der Waals surface area contributed by atoms with E-state index in [1.807, 2.05) is 14.0 Å². The maximum absolute atomic E-state index is 5.51. The van der Waals surface area contributed by atoms with Gasteiger partial charge in [-0.15, -0.1) is 0 Å². The molecule has 53 valence electrons. The van der Waals surface area contributed by atoms with Crippen LogP contribution in [0.5, 0.6) is 0 Å². The molecule has 0 fully saturated rings. The average molecular weight is 127 g/mol. The molecule has 1 radical (unpaired) electrons. The molecule has 0 aromatic heterocycles. The summed E-state index contributed by atoms with van der Waals surface area (Å²) in [6.07, 6.45) is 1.05. The van der Waals surface area contributed by atoms with E-state index in [4.69, 9.17) is 5.73 Å². The van der Waals surface area contributed by atoms with Gasteiger partial charge in [0, 0.05) is 0 Å². The van der Waals surface area contributed by atoms with Crippen LogP contribution in [-0.4, -0.2) is 26.3 Å². The minimum Gasteiger partial charge on any atom is -0.336 e. The Balaban J connectivity index is 3.06. The molecular weight excluding hydrogens is 111 g/mol. The van der Waals surface area contributed by atoms with Gasteiger partial charge in [-0.2, -0.15) is 0 Å². The van der Waals surface area contributed by atoms with Crippen LogP contribution < -0.4 is 11.1 Å². The highest BCUT2D eigenvalue weighted by molar-refractivity contribution is 6.37. The van der Waals surface area contributed by atoms with Crippen molar-refractivity contribution in [2.24, 2.45) is 5.73 Å². The monoisotopic (exact) mass is 127 g/mol. The predicted octanol–water partition coefficient (Wildman–Crippen LogP) is 0.0215. The molecule has 0 aliphatic heterocycles. The quantitative estimate of drug-likeness (QED) is 0.522. The Kier molecular flexibility index (Phi) is 4.82. The highest BCUT2D eigenvalue weighted by atomic mass is 14.8. The summed E-state index contributed by atoms with van der Waals surface area (Å²) in [4.78, 5) is 0. The van der Waals surface area contributed by atoms with Gasteiger partial charge in [0.2, 0.25) is 0 Å². The standard InChI is InChI=1S/C6H16BN2/c1-5(9-3)4-7-6(2)8/h5-6,9H,4,8H2,1-3H3/t5-,6+/m0/s1. The molecule has 3 N–H and O–H groups in total. The first-order valence-electron chi connectivity index (χ1n) is 3.43. The fourth-order valence-electron chi connectivity index (χ4n) is 0.537. The molecule has 0 amide bonds. The number of rotatable bonds is 4. The summed E-state index contributed by atoms with van der Waals surface area (Å²) in [6.45, 7) is 4.13. The van der Waals surface area contributed by atoms with Crippen molar-refractivity contribution in [3.05, 3.63) is 0 Å². The second kappa shape index (κ2) is 4.83. The number of nitrogens with one attached hydrogen (secondary N) is 1. The Hall–Kier alpha value is -0.0151. The van der Waals surface area contributed by atoms with E-state index < -0.39 is 0 Å². The van der Waals surface area contributed by atoms with Gasteiger partial charge in [0.1, 0.15) is 7.28 Å². The van der Waals surface area contributed by atoms with Gasteiger partial charge < -0.3 is 11.1 Å². The topological polar surface area (TPSA) is 38.0 Å². The van der Waals surface area contributed by atoms with Crippen LogP contribution in [0.25, 0.3) is 0 Å². The zero-order chi connectivity index (χ0) is 7.28. The van der Waals surface area contributed by atoms with E-state index in [-0.39, 0.29) is 5.94 Å². The molecule has 0 spiro atoms. The molecule has 0 aliphatic rings. The Morgan fingerprint density at radius 1 is 1.56 bits per heavy atom. The highest BCUT2D eigenvalue weighted by Gasteiger charge is 2.01. The minimum atomic E-state index is 0.223. The van der Waals surface area contributed by atoms with Crippen LogP contribution in [0.2, 0.25) is 6.32 Å².